The molecule has 55 heavy (non-hydrogen) atoms. The topological polar surface area (TPSA) is 138 Å². The van der Waals surface area contributed by atoms with Gasteiger partial charge in [-0.1, -0.05) is 80.5 Å². The molecule has 9 nitrogen and oxygen atoms in total. The molecule has 15 heteroatoms. The van der Waals surface area contributed by atoms with Gasteiger partial charge in [0.05, 0.1) is 34.0 Å². The summed E-state index contributed by atoms with van der Waals surface area (Å²) in [6, 6.07) is 27.0. The normalized spacial score (nSPS) is 10.6. The zero-order valence-electron chi connectivity index (χ0n) is 29.2. The Bertz CT molecular complexity index is 2360. The molecule has 0 spiro atoms. The number of thiocarbonyl (C=S) groups is 1. The molecule has 0 aliphatic heterocycles. The van der Waals surface area contributed by atoms with Crippen molar-refractivity contribution < 1.29 is 42.6 Å². The van der Waals surface area contributed by atoms with Crippen LogP contribution in [0.2, 0.25) is 0 Å². The van der Waals surface area contributed by atoms with E-state index in [0.717, 1.165) is 46.1 Å². The average molecular weight is 865 g/mol. The van der Waals surface area contributed by atoms with Gasteiger partial charge in [0.1, 0.15) is 5.69 Å². The number of fused-ring (bicyclic) bond motifs is 1. The van der Waals surface area contributed by atoms with Crippen LogP contribution in [0.25, 0.3) is 60.8 Å². The molecule has 0 unspecified atom stereocenters. The van der Waals surface area contributed by atoms with Crippen LogP contribution >= 0.6 is 23.6 Å². The number of carboxylic acid groups (broad SMARTS) is 1. The Morgan fingerprint density at radius 3 is 2.15 bits per heavy atom. The number of hydrogen-bond donors (Lipinski definition) is 1. The third-order valence-corrected chi connectivity index (χ3v) is 9.34. The van der Waals surface area contributed by atoms with Gasteiger partial charge in [0.2, 0.25) is 0 Å². The van der Waals surface area contributed by atoms with Gasteiger partial charge in [-0.15, -0.1) is 11.3 Å². The molecule has 6 heterocycles. The van der Waals surface area contributed by atoms with Gasteiger partial charge in [-0.2, -0.15) is 18.3 Å². The van der Waals surface area contributed by atoms with E-state index in [1.54, 1.807) is 35.9 Å². The SMILES string of the molecule is CCCCCCc1sc(-c2ccnc(-c3cc(C(F)(F)F)n[n-]3)c2)c2ccccc12.O=C(O)c1ccnc(-c2cccc(-c3ccccn3)n2)c1.[N-]=C=S.[Ru+2]. The summed E-state index contributed by atoms with van der Waals surface area (Å²) in [6.07, 6.45) is 6.12. The first-order valence-electron chi connectivity index (χ1n) is 16.8. The summed E-state index contributed by atoms with van der Waals surface area (Å²) < 4.78 is 38.6. The number of aromatic nitrogens is 6. The van der Waals surface area contributed by atoms with Gasteiger partial charge in [0.15, 0.2) is 0 Å². The summed E-state index contributed by atoms with van der Waals surface area (Å²) in [7, 11) is 0. The van der Waals surface area contributed by atoms with Gasteiger partial charge >= 0.3 is 31.6 Å². The summed E-state index contributed by atoms with van der Waals surface area (Å²) in [6.45, 7) is 2.20. The van der Waals surface area contributed by atoms with E-state index in [9.17, 15) is 18.0 Å². The van der Waals surface area contributed by atoms with Gasteiger partial charge in [-0.3, -0.25) is 15.0 Å². The summed E-state index contributed by atoms with van der Waals surface area (Å²) in [5, 5.41) is 26.9. The van der Waals surface area contributed by atoms with Crippen molar-refractivity contribution in [3.05, 3.63) is 131 Å². The number of nitrogens with zero attached hydrogens (tertiary/aromatic N) is 7. The summed E-state index contributed by atoms with van der Waals surface area (Å²) in [4.78, 5) is 30.6. The number of aryl methyl sites for hydroxylation is 1. The van der Waals surface area contributed by atoms with Gasteiger partial charge < -0.3 is 20.7 Å². The molecule has 7 rings (SSSR count). The zero-order chi connectivity index (χ0) is 38.5. The Balaban J connectivity index is 0.000000236. The van der Waals surface area contributed by atoms with Crippen LogP contribution in [0, 0.1) is 0 Å². The van der Waals surface area contributed by atoms with Crippen LogP contribution in [0.5, 0.6) is 0 Å². The smallest absolute Gasteiger partial charge is 0.753 e. The fourth-order valence-corrected chi connectivity index (χ4v) is 6.79. The first kappa shape index (κ1) is 42.4. The number of isothiocyanates is 1. The molecule has 0 saturated heterocycles. The van der Waals surface area contributed by atoms with E-state index in [-0.39, 0.29) is 30.7 Å². The molecule has 0 radical (unpaired) electrons. The van der Waals surface area contributed by atoms with E-state index in [4.69, 9.17) is 10.5 Å². The number of pyridine rings is 4. The van der Waals surface area contributed by atoms with Crippen molar-refractivity contribution in [1.29, 1.82) is 0 Å². The number of alkyl halides is 3. The molecule has 6 aromatic heterocycles. The predicted molar refractivity (Wildman–Crippen MR) is 208 cm³/mol. The molecule has 1 aromatic carbocycles. The first-order chi connectivity index (χ1) is 26.1. The minimum Gasteiger partial charge on any atom is -0.753 e. The number of aromatic carboxylic acids is 1. The van der Waals surface area contributed by atoms with Gasteiger partial charge in [-0.05, 0) is 78.4 Å². The number of carbonyl (C=O) groups is 1. The van der Waals surface area contributed by atoms with E-state index in [2.05, 4.69) is 61.4 Å². The molecule has 0 saturated carbocycles. The number of hydrogen-bond acceptors (Lipinski definition) is 8. The Morgan fingerprint density at radius 1 is 0.818 bits per heavy atom. The van der Waals surface area contributed by atoms with Crippen LogP contribution in [0.1, 0.15) is 53.5 Å². The van der Waals surface area contributed by atoms with E-state index >= 15 is 0 Å². The van der Waals surface area contributed by atoms with Crippen LogP contribution in [0.3, 0.4) is 0 Å². The second-order valence-corrected chi connectivity index (χ2v) is 13.0. The fraction of sp³-hybridized carbons (Fsp3) is 0.175. The molecule has 0 amide bonds. The Hall–Kier alpha value is -5.33. The summed E-state index contributed by atoms with van der Waals surface area (Å²) in [5.41, 5.74) is 3.24. The molecule has 280 valence electrons. The molecule has 0 fully saturated rings. The minimum atomic E-state index is -4.51. The molecule has 0 bridgehead atoms. The molecule has 7 aromatic rings. The molecule has 1 N–H and O–H groups in total. The third kappa shape index (κ3) is 11.3. The maximum absolute atomic E-state index is 12.9. The van der Waals surface area contributed by atoms with Crippen molar-refractivity contribution in [1.82, 2.24) is 30.1 Å². The summed E-state index contributed by atoms with van der Waals surface area (Å²) >= 11 is 5.45. The second-order valence-electron chi connectivity index (χ2n) is 11.7. The molecular weight excluding hydrogens is 833 g/mol. The summed E-state index contributed by atoms with van der Waals surface area (Å²) in [5.74, 6) is -0.987. The Labute approximate surface area is 337 Å². The van der Waals surface area contributed by atoms with Crippen molar-refractivity contribution >= 4 is 45.5 Å². The molecule has 0 atom stereocenters. The van der Waals surface area contributed by atoms with Crippen LogP contribution in [-0.4, -0.2) is 41.3 Å². The fourth-order valence-electron chi connectivity index (χ4n) is 5.48. The number of benzene rings is 1. The van der Waals surface area contributed by atoms with Crippen LogP contribution < -0.4 is 5.10 Å². The largest absolute Gasteiger partial charge is 2.00 e. The van der Waals surface area contributed by atoms with Crippen molar-refractivity contribution in [2.75, 3.05) is 0 Å². The maximum atomic E-state index is 12.9. The number of rotatable bonds is 10. The van der Waals surface area contributed by atoms with E-state index in [1.165, 1.54) is 53.0 Å². The number of carboxylic acids is 1. The van der Waals surface area contributed by atoms with E-state index in [0.29, 0.717) is 17.1 Å². The monoisotopic (exact) mass is 865 g/mol. The standard InChI is InChI=1S/C23H21F3N3S.C16H11N3O2.CNS.Ru/c1-2-3-4-5-10-20-16-8-6-7-9-17(16)22(30-20)15-11-12-27-18(13-15)19-14-21(29-28-19)23(24,25)26;20-16(21)11-7-9-18-15(10-11)14-6-3-5-13(19-14)12-4-1-2-8-17-12;2-1-3;/h6-9,11-14H,2-5,10H2,1H3;1-10H,(H,20,21);;/q-1;;-1;+2. The first-order valence-corrected chi connectivity index (χ1v) is 18.0. The van der Waals surface area contributed by atoms with Crippen molar-refractivity contribution in [3.63, 3.8) is 0 Å². The average Bonchev–Trinajstić information content (AvgIpc) is 3.85. The quantitative estimate of drug-likeness (QED) is 0.0616. The predicted octanol–water partition coefficient (Wildman–Crippen LogP) is 10.7. The number of thiophene rings is 1. The molecule has 0 aliphatic carbocycles. The van der Waals surface area contributed by atoms with Gasteiger partial charge in [-0.25, -0.2) is 9.78 Å². The third-order valence-electron chi connectivity index (χ3n) is 8.01. The van der Waals surface area contributed by atoms with E-state index in [1.807, 2.05) is 48.5 Å². The van der Waals surface area contributed by atoms with Gasteiger partial charge in [0, 0.05) is 33.7 Å². The van der Waals surface area contributed by atoms with E-state index < -0.39 is 17.8 Å². The number of unbranched alkanes of at least 4 members (excludes halogenated alkanes) is 3. The van der Waals surface area contributed by atoms with Crippen molar-refractivity contribution in [3.8, 4) is 44.6 Å². The Kier molecular flexibility index (Phi) is 15.7. The maximum Gasteiger partial charge on any atom is 2.00 e. The van der Waals surface area contributed by atoms with Crippen LogP contribution in [0.4, 0.5) is 13.2 Å². The van der Waals surface area contributed by atoms with Crippen LogP contribution in [0.15, 0.2) is 110 Å². The minimum absolute atomic E-state index is 0. The molecular formula is C40H32F3N7O2RuS2. The van der Waals surface area contributed by atoms with Crippen molar-refractivity contribution in [2.45, 2.75) is 45.2 Å². The zero-order valence-corrected chi connectivity index (χ0v) is 32.6. The van der Waals surface area contributed by atoms with Crippen molar-refractivity contribution in [2.24, 2.45) is 0 Å². The second kappa shape index (κ2) is 20.4. The van der Waals surface area contributed by atoms with Gasteiger partial charge in [0.25, 0.3) is 0 Å². The Morgan fingerprint density at radius 2 is 1.47 bits per heavy atom. The molecule has 0 aliphatic rings. The number of halogens is 3. The van der Waals surface area contributed by atoms with Crippen LogP contribution in [-0.2, 0) is 32.1 Å².